The number of aliphatic hydroxyl groups is 2. The third kappa shape index (κ3) is 11.4. The van der Waals surface area contributed by atoms with E-state index in [1.807, 2.05) is 31.2 Å². The summed E-state index contributed by atoms with van der Waals surface area (Å²) in [6, 6.07) is 24.4. The average molecular weight is 666 g/mol. The molecular formula is C36H38F3N3O6. The van der Waals surface area contributed by atoms with Crippen LogP contribution >= 0.6 is 0 Å². The van der Waals surface area contributed by atoms with E-state index in [1.165, 1.54) is 30.3 Å². The van der Waals surface area contributed by atoms with Crippen LogP contribution < -0.4 is 20.7 Å². The highest BCUT2D eigenvalue weighted by Gasteiger charge is 2.31. The molecule has 0 saturated heterocycles. The molecule has 0 aliphatic heterocycles. The summed E-state index contributed by atoms with van der Waals surface area (Å²) in [5.41, 5.74) is 4.63. The van der Waals surface area contributed by atoms with Gasteiger partial charge in [-0.2, -0.15) is 0 Å². The van der Waals surface area contributed by atoms with Gasteiger partial charge in [-0.1, -0.05) is 54.6 Å². The number of phenols is 1. The molecule has 254 valence electrons. The third-order valence-electron chi connectivity index (χ3n) is 7.53. The highest BCUT2D eigenvalue weighted by atomic mass is 19.4. The van der Waals surface area contributed by atoms with Crippen LogP contribution in [0.5, 0.6) is 11.5 Å². The van der Waals surface area contributed by atoms with E-state index < -0.39 is 12.5 Å². The number of benzene rings is 4. The Kier molecular flexibility index (Phi) is 12.6. The standard InChI is InChI=1S/C36H38F3N3O6/c1-23(40-21-33(45)29-11-14-32(44)30(18-29)22-43)15-26-3-2-4-27(16-26)17-34(46)41-19-24-5-9-28(10-6-24)35(47)42-20-25-7-12-31(13-8-25)48-36(37,38)39/h2-14,16,18,23,33,40,43-45H,15,17,19-22H2,1H3,(H,41,46)(H,42,47)/t23?,33-/m0/s1. The topological polar surface area (TPSA) is 140 Å². The molecule has 0 aliphatic carbocycles. The van der Waals surface area contributed by atoms with Crippen LogP contribution in [0, 0.1) is 0 Å². The Morgan fingerprint density at radius 1 is 0.833 bits per heavy atom. The molecule has 0 aliphatic rings. The summed E-state index contributed by atoms with van der Waals surface area (Å²) >= 11 is 0. The molecule has 0 aromatic heterocycles. The Morgan fingerprint density at radius 3 is 2.15 bits per heavy atom. The minimum atomic E-state index is -4.77. The van der Waals surface area contributed by atoms with Gasteiger partial charge in [-0.25, -0.2) is 0 Å². The maximum atomic E-state index is 12.7. The fraction of sp³-hybridized carbons (Fsp3) is 0.278. The number of aliphatic hydroxyl groups excluding tert-OH is 2. The van der Waals surface area contributed by atoms with Crippen molar-refractivity contribution in [1.82, 2.24) is 16.0 Å². The van der Waals surface area contributed by atoms with Gasteiger partial charge in [0, 0.05) is 36.8 Å². The van der Waals surface area contributed by atoms with Crippen molar-refractivity contribution < 1.29 is 42.8 Å². The highest BCUT2D eigenvalue weighted by Crippen LogP contribution is 2.24. The van der Waals surface area contributed by atoms with Gasteiger partial charge in [0.2, 0.25) is 5.91 Å². The Labute approximate surface area is 276 Å². The first-order valence-electron chi connectivity index (χ1n) is 15.3. The summed E-state index contributed by atoms with van der Waals surface area (Å²) in [4.78, 5) is 25.2. The molecule has 0 saturated carbocycles. The number of carbonyl (C=O) groups excluding carboxylic acids is 2. The van der Waals surface area contributed by atoms with E-state index >= 15 is 0 Å². The van der Waals surface area contributed by atoms with Gasteiger partial charge in [-0.15, -0.1) is 13.2 Å². The number of ether oxygens (including phenoxy) is 1. The number of nitrogens with one attached hydrogen (secondary N) is 3. The van der Waals surface area contributed by atoms with Crippen LogP contribution in [-0.2, 0) is 37.3 Å². The zero-order valence-corrected chi connectivity index (χ0v) is 26.3. The summed E-state index contributed by atoms with van der Waals surface area (Å²) in [5, 5.41) is 38.5. The van der Waals surface area contributed by atoms with Crippen LogP contribution in [0.15, 0.2) is 91.0 Å². The molecular weight excluding hydrogens is 627 g/mol. The van der Waals surface area contributed by atoms with E-state index in [1.54, 1.807) is 36.4 Å². The number of halogens is 3. The number of alkyl halides is 3. The lowest BCUT2D eigenvalue weighted by Crippen LogP contribution is -2.32. The quantitative estimate of drug-likeness (QED) is 0.107. The van der Waals surface area contributed by atoms with Crippen molar-refractivity contribution >= 4 is 11.8 Å². The molecule has 4 aromatic carbocycles. The summed E-state index contributed by atoms with van der Waals surface area (Å²) in [6.45, 7) is 2.35. The van der Waals surface area contributed by atoms with Gasteiger partial charge in [0.05, 0.1) is 19.1 Å². The first-order valence-corrected chi connectivity index (χ1v) is 15.3. The van der Waals surface area contributed by atoms with Gasteiger partial charge in [-0.3, -0.25) is 9.59 Å². The third-order valence-corrected chi connectivity index (χ3v) is 7.53. The van der Waals surface area contributed by atoms with Crippen molar-refractivity contribution in [3.05, 3.63) is 130 Å². The normalized spacial score (nSPS) is 12.6. The second-order valence-electron chi connectivity index (χ2n) is 11.4. The van der Waals surface area contributed by atoms with Gasteiger partial charge in [0.1, 0.15) is 11.5 Å². The largest absolute Gasteiger partial charge is 0.573 e. The van der Waals surface area contributed by atoms with E-state index in [0.717, 1.165) is 16.7 Å². The molecule has 6 N–H and O–H groups in total. The van der Waals surface area contributed by atoms with Gasteiger partial charge in [0.25, 0.3) is 5.91 Å². The minimum Gasteiger partial charge on any atom is -0.508 e. The van der Waals surface area contributed by atoms with Crippen molar-refractivity contribution in [3.8, 4) is 11.5 Å². The molecule has 0 heterocycles. The predicted octanol–water partition coefficient (Wildman–Crippen LogP) is 4.83. The number of hydrogen-bond acceptors (Lipinski definition) is 7. The molecule has 1 unspecified atom stereocenters. The molecule has 2 amide bonds. The van der Waals surface area contributed by atoms with Crippen molar-refractivity contribution in [3.63, 3.8) is 0 Å². The van der Waals surface area contributed by atoms with Crippen LogP contribution in [0.25, 0.3) is 0 Å². The van der Waals surface area contributed by atoms with Gasteiger partial charge >= 0.3 is 6.36 Å². The smallest absolute Gasteiger partial charge is 0.508 e. The van der Waals surface area contributed by atoms with Crippen molar-refractivity contribution in [2.75, 3.05) is 6.54 Å². The van der Waals surface area contributed by atoms with E-state index in [0.29, 0.717) is 28.7 Å². The predicted molar refractivity (Wildman–Crippen MR) is 173 cm³/mol. The minimum absolute atomic E-state index is 0.0196. The monoisotopic (exact) mass is 665 g/mol. The zero-order chi connectivity index (χ0) is 34.7. The molecule has 48 heavy (non-hydrogen) atoms. The lowest BCUT2D eigenvalue weighted by atomic mass is 10.0. The maximum absolute atomic E-state index is 12.7. The first-order chi connectivity index (χ1) is 22.9. The Balaban J connectivity index is 1.18. The van der Waals surface area contributed by atoms with Gasteiger partial charge < -0.3 is 36.0 Å². The van der Waals surface area contributed by atoms with Crippen LogP contribution in [0.1, 0.15) is 56.8 Å². The average Bonchev–Trinajstić information content (AvgIpc) is 3.05. The second-order valence-corrected chi connectivity index (χ2v) is 11.4. The maximum Gasteiger partial charge on any atom is 0.573 e. The molecule has 0 spiro atoms. The summed E-state index contributed by atoms with van der Waals surface area (Å²) in [6.07, 6.45) is -4.73. The lowest BCUT2D eigenvalue weighted by molar-refractivity contribution is -0.274. The number of rotatable bonds is 15. The molecule has 12 heteroatoms. The zero-order valence-electron chi connectivity index (χ0n) is 26.3. The number of amides is 2. The summed E-state index contributed by atoms with van der Waals surface area (Å²) in [7, 11) is 0. The molecule has 0 radical (unpaired) electrons. The Morgan fingerprint density at radius 2 is 1.48 bits per heavy atom. The van der Waals surface area contributed by atoms with Gasteiger partial charge in [0.15, 0.2) is 0 Å². The summed E-state index contributed by atoms with van der Waals surface area (Å²) in [5.74, 6) is -0.871. The van der Waals surface area contributed by atoms with Crippen molar-refractivity contribution in [2.45, 2.75) is 58.0 Å². The van der Waals surface area contributed by atoms with E-state index in [4.69, 9.17) is 0 Å². The van der Waals surface area contributed by atoms with Crippen LogP contribution in [0.3, 0.4) is 0 Å². The molecule has 0 fully saturated rings. The number of carbonyl (C=O) groups is 2. The molecule has 0 bridgehead atoms. The van der Waals surface area contributed by atoms with Crippen LogP contribution in [-0.4, -0.2) is 46.1 Å². The van der Waals surface area contributed by atoms with Crippen molar-refractivity contribution in [1.29, 1.82) is 0 Å². The van der Waals surface area contributed by atoms with Gasteiger partial charge in [-0.05, 0) is 77.6 Å². The van der Waals surface area contributed by atoms with Crippen LogP contribution in [0.4, 0.5) is 13.2 Å². The van der Waals surface area contributed by atoms with Crippen LogP contribution in [0.2, 0.25) is 0 Å². The van der Waals surface area contributed by atoms with Crippen molar-refractivity contribution in [2.24, 2.45) is 0 Å². The SMILES string of the molecule is CC(Cc1cccc(CC(=O)NCc2ccc(C(=O)NCc3ccc(OC(F)(F)F)cc3)cc2)c1)NC[C@H](O)c1ccc(O)c(CO)c1. The molecule has 4 aromatic rings. The first kappa shape index (κ1) is 35.9. The Bertz CT molecular complexity index is 1660. The molecule has 2 atom stereocenters. The fourth-order valence-electron chi connectivity index (χ4n) is 4.98. The Hall–Kier alpha value is -4.91. The number of hydrogen-bond donors (Lipinski definition) is 6. The van der Waals surface area contributed by atoms with E-state index in [9.17, 15) is 38.1 Å². The lowest BCUT2D eigenvalue weighted by Gasteiger charge is -2.18. The van der Waals surface area contributed by atoms with E-state index in [2.05, 4.69) is 20.7 Å². The summed E-state index contributed by atoms with van der Waals surface area (Å²) < 4.78 is 40.8. The number of aromatic hydroxyl groups is 1. The van der Waals surface area contributed by atoms with E-state index in [-0.39, 0.29) is 62.0 Å². The fourth-order valence-corrected chi connectivity index (χ4v) is 4.98. The second kappa shape index (κ2) is 16.8. The molecule has 4 rings (SSSR count). The highest BCUT2D eigenvalue weighted by molar-refractivity contribution is 5.94. The molecule has 9 nitrogen and oxygen atoms in total.